The van der Waals surface area contributed by atoms with Gasteiger partial charge in [0.1, 0.15) is 6.10 Å². The number of hydrogen-bond donors (Lipinski definition) is 1. The summed E-state index contributed by atoms with van der Waals surface area (Å²) in [5, 5.41) is 0. The third-order valence-corrected chi connectivity index (χ3v) is 3.72. The lowest BCUT2D eigenvalue weighted by atomic mass is 10.2. The highest BCUT2D eigenvalue weighted by Gasteiger charge is 2.15. The zero-order chi connectivity index (χ0) is 13.0. The van der Waals surface area contributed by atoms with Crippen molar-refractivity contribution in [3.8, 4) is 11.5 Å². The SMILES string of the molecule is COc1ccccc1OC(CN)c1ccc(C)s1. The van der Waals surface area contributed by atoms with Crippen LogP contribution in [0.5, 0.6) is 11.5 Å². The molecule has 2 rings (SSSR count). The highest BCUT2D eigenvalue weighted by Crippen LogP contribution is 2.32. The van der Waals surface area contributed by atoms with E-state index in [9.17, 15) is 0 Å². The molecule has 1 heterocycles. The highest BCUT2D eigenvalue weighted by molar-refractivity contribution is 7.12. The van der Waals surface area contributed by atoms with Gasteiger partial charge in [0.15, 0.2) is 11.5 Å². The molecule has 0 aliphatic carbocycles. The lowest BCUT2D eigenvalue weighted by molar-refractivity contribution is 0.208. The Hall–Kier alpha value is -1.52. The first kappa shape index (κ1) is 12.9. The van der Waals surface area contributed by atoms with Gasteiger partial charge in [0.2, 0.25) is 0 Å². The van der Waals surface area contributed by atoms with Crippen LogP contribution in [0.25, 0.3) is 0 Å². The van der Waals surface area contributed by atoms with Crippen LogP contribution in [0.3, 0.4) is 0 Å². The van der Waals surface area contributed by atoms with Crippen LogP contribution in [0.4, 0.5) is 0 Å². The van der Waals surface area contributed by atoms with E-state index in [-0.39, 0.29) is 6.10 Å². The maximum Gasteiger partial charge on any atom is 0.162 e. The summed E-state index contributed by atoms with van der Waals surface area (Å²) in [6.45, 7) is 2.52. The van der Waals surface area contributed by atoms with E-state index in [0.717, 1.165) is 16.4 Å². The molecule has 0 saturated carbocycles. The smallest absolute Gasteiger partial charge is 0.162 e. The van der Waals surface area contributed by atoms with Gasteiger partial charge in [0.25, 0.3) is 0 Å². The third kappa shape index (κ3) is 2.83. The molecule has 4 heteroatoms. The second-order valence-corrected chi connectivity index (χ2v) is 5.26. The van der Waals surface area contributed by atoms with Crippen molar-refractivity contribution in [1.82, 2.24) is 0 Å². The number of aryl methyl sites for hydroxylation is 1. The zero-order valence-corrected chi connectivity index (χ0v) is 11.4. The number of para-hydroxylation sites is 2. The van der Waals surface area contributed by atoms with E-state index in [2.05, 4.69) is 19.1 Å². The third-order valence-electron chi connectivity index (χ3n) is 2.63. The van der Waals surface area contributed by atoms with Crippen LogP contribution in [0.2, 0.25) is 0 Å². The number of methoxy groups -OCH3 is 1. The molecular formula is C14H17NO2S. The van der Waals surface area contributed by atoms with Crippen molar-refractivity contribution in [3.63, 3.8) is 0 Å². The second kappa shape index (κ2) is 5.89. The van der Waals surface area contributed by atoms with Gasteiger partial charge in [-0.25, -0.2) is 0 Å². The van der Waals surface area contributed by atoms with Gasteiger partial charge < -0.3 is 15.2 Å². The molecule has 18 heavy (non-hydrogen) atoms. The lowest BCUT2D eigenvalue weighted by Gasteiger charge is -2.17. The summed E-state index contributed by atoms with van der Waals surface area (Å²) in [4.78, 5) is 2.40. The van der Waals surface area contributed by atoms with Crippen LogP contribution in [0.1, 0.15) is 15.9 Å². The zero-order valence-electron chi connectivity index (χ0n) is 10.6. The van der Waals surface area contributed by atoms with Gasteiger partial charge in [-0.15, -0.1) is 11.3 Å². The van der Waals surface area contributed by atoms with Crippen molar-refractivity contribution in [2.75, 3.05) is 13.7 Å². The van der Waals surface area contributed by atoms with E-state index in [4.69, 9.17) is 15.2 Å². The van der Waals surface area contributed by atoms with Crippen LogP contribution in [-0.2, 0) is 0 Å². The minimum absolute atomic E-state index is 0.125. The van der Waals surface area contributed by atoms with E-state index < -0.39 is 0 Å². The first-order chi connectivity index (χ1) is 8.74. The number of thiophene rings is 1. The van der Waals surface area contributed by atoms with Crippen LogP contribution in [-0.4, -0.2) is 13.7 Å². The van der Waals surface area contributed by atoms with Crippen LogP contribution < -0.4 is 15.2 Å². The molecule has 0 aliphatic rings. The molecule has 1 aromatic heterocycles. The van der Waals surface area contributed by atoms with Crippen LogP contribution in [0.15, 0.2) is 36.4 Å². The lowest BCUT2D eigenvalue weighted by Crippen LogP contribution is -2.17. The quantitative estimate of drug-likeness (QED) is 0.901. The van der Waals surface area contributed by atoms with E-state index in [1.54, 1.807) is 18.4 Å². The van der Waals surface area contributed by atoms with E-state index >= 15 is 0 Å². The van der Waals surface area contributed by atoms with E-state index in [1.807, 2.05) is 24.3 Å². The van der Waals surface area contributed by atoms with Crippen molar-refractivity contribution in [1.29, 1.82) is 0 Å². The summed E-state index contributed by atoms with van der Waals surface area (Å²) in [6.07, 6.45) is -0.125. The van der Waals surface area contributed by atoms with Gasteiger partial charge in [-0.3, -0.25) is 0 Å². The number of rotatable bonds is 5. The number of ether oxygens (including phenoxy) is 2. The molecule has 1 unspecified atom stereocenters. The Balaban J connectivity index is 2.20. The van der Waals surface area contributed by atoms with Crippen molar-refractivity contribution < 1.29 is 9.47 Å². The molecule has 3 nitrogen and oxygen atoms in total. The summed E-state index contributed by atoms with van der Waals surface area (Å²) in [7, 11) is 1.63. The van der Waals surface area contributed by atoms with Gasteiger partial charge >= 0.3 is 0 Å². The molecule has 0 amide bonds. The molecule has 1 aromatic carbocycles. The average molecular weight is 263 g/mol. The Morgan fingerprint density at radius 1 is 1.17 bits per heavy atom. The van der Waals surface area contributed by atoms with E-state index in [0.29, 0.717) is 6.54 Å². The molecule has 1 atom stereocenters. The first-order valence-corrected chi connectivity index (χ1v) is 6.62. The fraction of sp³-hybridized carbons (Fsp3) is 0.286. The Kier molecular flexibility index (Phi) is 4.23. The molecule has 96 valence electrons. The van der Waals surface area contributed by atoms with Crippen LogP contribution >= 0.6 is 11.3 Å². The summed E-state index contributed by atoms with van der Waals surface area (Å²) in [5.41, 5.74) is 5.79. The minimum Gasteiger partial charge on any atom is -0.493 e. The normalized spacial score (nSPS) is 12.2. The summed E-state index contributed by atoms with van der Waals surface area (Å²) in [6, 6.07) is 11.7. The van der Waals surface area contributed by atoms with Gasteiger partial charge in [-0.1, -0.05) is 12.1 Å². The molecule has 0 aliphatic heterocycles. The standard InChI is InChI=1S/C14H17NO2S/c1-10-7-8-14(18-10)13(9-15)17-12-6-4-3-5-11(12)16-2/h3-8,13H,9,15H2,1-2H3. The summed E-state index contributed by atoms with van der Waals surface area (Å²) >= 11 is 1.71. The molecule has 0 fully saturated rings. The van der Waals surface area contributed by atoms with Crippen LogP contribution in [0, 0.1) is 6.92 Å². The topological polar surface area (TPSA) is 44.5 Å². The predicted molar refractivity (Wildman–Crippen MR) is 74.5 cm³/mol. The molecule has 0 bridgehead atoms. The van der Waals surface area contributed by atoms with E-state index in [1.165, 1.54) is 4.88 Å². The Morgan fingerprint density at radius 2 is 1.89 bits per heavy atom. The first-order valence-electron chi connectivity index (χ1n) is 5.80. The Morgan fingerprint density at radius 3 is 2.44 bits per heavy atom. The minimum atomic E-state index is -0.125. The number of benzene rings is 1. The maximum absolute atomic E-state index is 5.95. The van der Waals surface area contributed by atoms with Crippen molar-refractivity contribution in [2.45, 2.75) is 13.0 Å². The second-order valence-electron chi connectivity index (χ2n) is 3.94. The van der Waals surface area contributed by atoms with Crippen molar-refractivity contribution in [2.24, 2.45) is 5.73 Å². The fourth-order valence-electron chi connectivity index (χ4n) is 1.72. The highest BCUT2D eigenvalue weighted by atomic mass is 32.1. The van der Waals surface area contributed by atoms with Gasteiger partial charge in [-0.2, -0.15) is 0 Å². The molecular weight excluding hydrogens is 246 g/mol. The van der Waals surface area contributed by atoms with Gasteiger partial charge in [0, 0.05) is 16.3 Å². The van der Waals surface area contributed by atoms with Crippen molar-refractivity contribution >= 4 is 11.3 Å². The number of hydrogen-bond acceptors (Lipinski definition) is 4. The largest absolute Gasteiger partial charge is 0.493 e. The molecule has 0 radical (unpaired) electrons. The monoisotopic (exact) mass is 263 g/mol. The van der Waals surface area contributed by atoms with Crippen molar-refractivity contribution in [3.05, 3.63) is 46.2 Å². The molecule has 0 spiro atoms. The fourth-order valence-corrected chi connectivity index (χ4v) is 2.64. The maximum atomic E-state index is 5.95. The average Bonchev–Trinajstić information content (AvgIpc) is 2.83. The molecule has 0 saturated heterocycles. The van der Waals surface area contributed by atoms with Gasteiger partial charge in [0.05, 0.1) is 7.11 Å². The molecule has 2 aromatic rings. The predicted octanol–water partition coefficient (Wildman–Crippen LogP) is 3.14. The Bertz CT molecular complexity index is 510. The Labute approximate surface area is 111 Å². The summed E-state index contributed by atoms with van der Waals surface area (Å²) in [5.74, 6) is 1.45. The van der Waals surface area contributed by atoms with Gasteiger partial charge in [-0.05, 0) is 31.2 Å². The molecule has 2 N–H and O–H groups in total. The number of nitrogens with two attached hydrogens (primary N) is 1. The summed E-state index contributed by atoms with van der Waals surface area (Å²) < 4.78 is 11.2.